The Kier molecular flexibility index (Phi) is 6.80. The van der Waals surface area contributed by atoms with Gasteiger partial charge in [0.2, 0.25) is 0 Å². The van der Waals surface area contributed by atoms with Crippen LogP contribution in [0.25, 0.3) is 0 Å². The molecule has 5 nitrogen and oxygen atoms in total. The van der Waals surface area contributed by atoms with Crippen LogP contribution in [0.1, 0.15) is 25.0 Å². The van der Waals surface area contributed by atoms with E-state index in [1.54, 1.807) is 19.1 Å². The fourth-order valence-corrected chi connectivity index (χ4v) is 2.59. The van der Waals surface area contributed by atoms with Gasteiger partial charge in [0.25, 0.3) is 5.91 Å². The van der Waals surface area contributed by atoms with Crippen LogP contribution in [0.5, 0.6) is 5.75 Å². The van der Waals surface area contributed by atoms with Gasteiger partial charge in [-0.2, -0.15) is 0 Å². The van der Waals surface area contributed by atoms with E-state index in [1.165, 1.54) is 6.92 Å². The molecule has 0 heterocycles. The van der Waals surface area contributed by atoms with Crippen molar-refractivity contribution in [3.8, 4) is 5.75 Å². The van der Waals surface area contributed by atoms with Crippen LogP contribution in [0, 0.1) is 13.8 Å². The number of rotatable bonds is 6. The van der Waals surface area contributed by atoms with Crippen molar-refractivity contribution in [2.45, 2.75) is 39.9 Å². The Balaban J connectivity index is 1.93. The van der Waals surface area contributed by atoms with Crippen LogP contribution in [0.15, 0.2) is 46.9 Å². The zero-order valence-corrected chi connectivity index (χ0v) is 16.8. The number of aryl methyl sites for hydroxylation is 2. The van der Waals surface area contributed by atoms with Crippen molar-refractivity contribution in [1.29, 1.82) is 0 Å². The molecular formula is C20H22BrNO4. The SMILES string of the molecule is Cc1cccc(C)c1NC(=O)C(C)OC(=O)C(C)Oc1ccc(Br)cc1. The Bertz CT molecular complexity index is 769. The Hall–Kier alpha value is -2.34. The van der Waals surface area contributed by atoms with Crippen molar-refractivity contribution >= 4 is 33.5 Å². The number of hydrogen-bond acceptors (Lipinski definition) is 4. The van der Waals surface area contributed by atoms with Gasteiger partial charge in [-0.3, -0.25) is 4.79 Å². The summed E-state index contributed by atoms with van der Waals surface area (Å²) in [4.78, 5) is 24.5. The number of nitrogens with one attached hydrogen (secondary N) is 1. The molecule has 0 aromatic heterocycles. The van der Waals surface area contributed by atoms with E-state index in [1.807, 2.05) is 44.2 Å². The molecule has 2 atom stereocenters. The van der Waals surface area contributed by atoms with Crippen molar-refractivity contribution in [3.05, 3.63) is 58.1 Å². The second-order valence-electron chi connectivity index (χ2n) is 6.05. The lowest BCUT2D eigenvalue weighted by molar-refractivity contribution is -0.159. The number of esters is 1. The normalized spacial score (nSPS) is 12.8. The molecule has 0 aliphatic heterocycles. The third-order valence-corrected chi connectivity index (χ3v) is 4.38. The zero-order valence-electron chi connectivity index (χ0n) is 15.2. The standard InChI is InChI=1S/C20H22BrNO4/c1-12-6-5-7-13(2)18(12)22-19(23)14(3)26-20(24)15(4)25-17-10-8-16(21)9-11-17/h5-11,14-15H,1-4H3,(H,22,23). The van der Waals surface area contributed by atoms with Crippen LogP contribution in [-0.4, -0.2) is 24.1 Å². The summed E-state index contributed by atoms with van der Waals surface area (Å²) in [5, 5.41) is 2.82. The number of para-hydroxylation sites is 1. The first-order valence-corrected chi connectivity index (χ1v) is 9.07. The van der Waals surface area contributed by atoms with Crippen LogP contribution in [0.3, 0.4) is 0 Å². The number of carbonyl (C=O) groups is 2. The number of benzene rings is 2. The van der Waals surface area contributed by atoms with Crippen LogP contribution < -0.4 is 10.1 Å². The molecule has 2 aromatic rings. The molecular weight excluding hydrogens is 398 g/mol. The predicted octanol–water partition coefficient (Wildman–Crippen LogP) is 4.40. The first-order chi connectivity index (χ1) is 12.3. The highest BCUT2D eigenvalue weighted by Crippen LogP contribution is 2.20. The van der Waals surface area contributed by atoms with Crippen molar-refractivity contribution in [1.82, 2.24) is 0 Å². The molecule has 0 radical (unpaired) electrons. The first kappa shape index (κ1) is 20.0. The number of carbonyl (C=O) groups excluding carboxylic acids is 2. The van der Waals surface area contributed by atoms with Gasteiger partial charge in [-0.1, -0.05) is 34.1 Å². The van der Waals surface area contributed by atoms with E-state index >= 15 is 0 Å². The lowest BCUT2D eigenvalue weighted by Gasteiger charge is -2.19. The summed E-state index contributed by atoms with van der Waals surface area (Å²) in [5.74, 6) is -0.436. The Labute approximate surface area is 161 Å². The molecule has 0 saturated carbocycles. The van der Waals surface area contributed by atoms with E-state index < -0.39 is 18.2 Å². The molecule has 2 rings (SSSR count). The van der Waals surface area contributed by atoms with E-state index in [0.29, 0.717) is 5.75 Å². The highest BCUT2D eigenvalue weighted by molar-refractivity contribution is 9.10. The van der Waals surface area contributed by atoms with E-state index in [0.717, 1.165) is 21.3 Å². The van der Waals surface area contributed by atoms with Crippen LogP contribution in [0.2, 0.25) is 0 Å². The molecule has 26 heavy (non-hydrogen) atoms. The first-order valence-electron chi connectivity index (χ1n) is 8.27. The summed E-state index contributed by atoms with van der Waals surface area (Å²) in [6.07, 6.45) is -1.76. The summed E-state index contributed by atoms with van der Waals surface area (Å²) in [7, 11) is 0. The average Bonchev–Trinajstić information content (AvgIpc) is 2.59. The molecule has 0 aliphatic carbocycles. The zero-order chi connectivity index (χ0) is 19.3. The third kappa shape index (κ3) is 5.33. The largest absolute Gasteiger partial charge is 0.479 e. The molecule has 6 heteroatoms. The van der Waals surface area contributed by atoms with E-state index in [4.69, 9.17) is 9.47 Å². The van der Waals surface area contributed by atoms with Gasteiger partial charge in [-0.25, -0.2) is 4.79 Å². The minimum atomic E-state index is -0.933. The van der Waals surface area contributed by atoms with E-state index in [-0.39, 0.29) is 5.91 Å². The monoisotopic (exact) mass is 419 g/mol. The van der Waals surface area contributed by atoms with Crippen molar-refractivity contribution < 1.29 is 19.1 Å². The molecule has 0 spiro atoms. The van der Waals surface area contributed by atoms with Gasteiger partial charge in [-0.15, -0.1) is 0 Å². The maximum absolute atomic E-state index is 12.3. The molecule has 1 N–H and O–H groups in total. The van der Waals surface area contributed by atoms with Crippen molar-refractivity contribution in [2.24, 2.45) is 0 Å². The molecule has 2 aromatic carbocycles. The van der Waals surface area contributed by atoms with E-state index in [9.17, 15) is 9.59 Å². The van der Waals surface area contributed by atoms with Crippen molar-refractivity contribution in [2.75, 3.05) is 5.32 Å². The molecule has 0 saturated heterocycles. The summed E-state index contributed by atoms with van der Waals surface area (Å²) in [5.41, 5.74) is 2.63. The third-order valence-electron chi connectivity index (χ3n) is 3.85. The average molecular weight is 420 g/mol. The van der Waals surface area contributed by atoms with Gasteiger partial charge in [0.15, 0.2) is 12.2 Å². The second-order valence-corrected chi connectivity index (χ2v) is 6.96. The molecule has 0 bridgehead atoms. The lowest BCUT2D eigenvalue weighted by atomic mass is 10.1. The second kappa shape index (κ2) is 8.85. The topological polar surface area (TPSA) is 64.6 Å². The fourth-order valence-electron chi connectivity index (χ4n) is 2.33. The maximum atomic E-state index is 12.3. The fraction of sp³-hybridized carbons (Fsp3) is 0.300. The molecule has 138 valence electrons. The number of ether oxygens (including phenoxy) is 2. The quantitative estimate of drug-likeness (QED) is 0.704. The van der Waals surface area contributed by atoms with Gasteiger partial charge in [0.1, 0.15) is 5.75 Å². The molecule has 0 fully saturated rings. The van der Waals surface area contributed by atoms with Crippen LogP contribution in [0.4, 0.5) is 5.69 Å². The Morgan fingerprint density at radius 3 is 2.12 bits per heavy atom. The predicted molar refractivity (Wildman–Crippen MR) is 104 cm³/mol. The Morgan fingerprint density at radius 1 is 0.962 bits per heavy atom. The van der Waals surface area contributed by atoms with Gasteiger partial charge < -0.3 is 14.8 Å². The van der Waals surface area contributed by atoms with Gasteiger partial charge in [0.05, 0.1) is 0 Å². The molecule has 1 amide bonds. The highest BCUT2D eigenvalue weighted by atomic mass is 79.9. The van der Waals surface area contributed by atoms with Gasteiger partial charge in [-0.05, 0) is 63.1 Å². The van der Waals surface area contributed by atoms with Crippen LogP contribution in [-0.2, 0) is 14.3 Å². The minimum absolute atomic E-state index is 0.383. The smallest absolute Gasteiger partial charge is 0.347 e. The summed E-state index contributed by atoms with van der Waals surface area (Å²) < 4.78 is 11.7. The van der Waals surface area contributed by atoms with Crippen LogP contribution >= 0.6 is 15.9 Å². The highest BCUT2D eigenvalue weighted by Gasteiger charge is 2.24. The maximum Gasteiger partial charge on any atom is 0.347 e. The minimum Gasteiger partial charge on any atom is -0.479 e. The molecule has 2 unspecified atom stereocenters. The summed E-state index contributed by atoms with van der Waals surface area (Å²) >= 11 is 3.33. The Morgan fingerprint density at radius 2 is 1.54 bits per heavy atom. The summed E-state index contributed by atoms with van der Waals surface area (Å²) in [6.45, 7) is 6.94. The summed E-state index contributed by atoms with van der Waals surface area (Å²) in [6, 6.07) is 12.9. The number of amides is 1. The lowest BCUT2D eigenvalue weighted by Crippen LogP contribution is -2.35. The van der Waals surface area contributed by atoms with E-state index in [2.05, 4.69) is 21.2 Å². The number of hydrogen-bond donors (Lipinski definition) is 1. The number of halogens is 1. The van der Waals surface area contributed by atoms with Crippen molar-refractivity contribution in [3.63, 3.8) is 0 Å². The number of anilines is 1. The molecule has 0 aliphatic rings. The van der Waals surface area contributed by atoms with Gasteiger partial charge >= 0.3 is 5.97 Å². The van der Waals surface area contributed by atoms with Gasteiger partial charge in [0, 0.05) is 10.2 Å².